The highest BCUT2D eigenvalue weighted by molar-refractivity contribution is 5.95. The van der Waals surface area contributed by atoms with E-state index in [0.717, 1.165) is 0 Å². The standard InChI is InChI=1S/C18H16FNO5/c19-13-4-1-11(2-5-13)14(6-8-17(21)22)20-18(23)12-3-7-15-16(9-12)25-10-24-15/h1-5,7,9,14H,6,8,10H2,(H,20,23)(H,21,22). The van der Waals surface area contributed by atoms with Crippen LogP contribution in [0.1, 0.15) is 34.8 Å². The molecule has 2 aromatic carbocycles. The number of hydrogen-bond donors (Lipinski definition) is 2. The summed E-state index contributed by atoms with van der Waals surface area (Å²) in [6.07, 6.45) is 0.0702. The van der Waals surface area contributed by atoms with Crippen LogP contribution < -0.4 is 14.8 Å². The minimum absolute atomic E-state index is 0.108. The van der Waals surface area contributed by atoms with Crippen LogP contribution in [0.2, 0.25) is 0 Å². The van der Waals surface area contributed by atoms with Gasteiger partial charge in [0.15, 0.2) is 11.5 Å². The Kier molecular flexibility index (Phi) is 4.83. The van der Waals surface area contributed by atoms with Crippen LogP contribution in [0.3, 0.4) is 0 Å². The van der Waals surface area contributed by atoms with E-state index >= 15 is 0 Å². The van der Waals surface area contributed by atoms with Crippen molar-refractivity contribution in [3.63, 3.8) is 0 Å². The topological polar surface area (TPSA) is 84.9 Å². The highest BCUT2D eigenvalue weighted by atomic mass is 19.1. The predicted molar refractivity (Wildman–Crippen MR) is 86.0 cm³/mol. The molecule has 0 aliphatic carbocycles. The summed E-state index contributed by atoms with van der Waals surface area (Å²) in [5.41, 5.74) is 1.00. The molecule has 1 aliphatic heterocycles. The summed E-state index contributed by atoms with van der Waals surface area (Å²) >= 11 is 0. The summed E-state index contributed by atoms with van der Waals surface area (Å²) in [6, 6.07) is 9.87. The lowest BCUT2D eigenvalue weighted by Gasteiger charge is -2.19. The number of benzene rings is 2. The fourth-order valence-electron chi connectivity index (χ4n) is 2.56. The maximum atomic E-state index is 13.1. The lowest BCUT2D eigenvalue weighted by Crippen LogP contribution is -2.29. The number of ether oxygens (including phenoxy) is 2. The number of carboxylic acids is 1. The second-order valence-corrected chi connectivity index (χ2v) is 5.58. The Hall–Kier alpha value is -3.09. The van der Waals surface area contributed by atoms with Gasteiger partial charge in [-0.15, -0.1) is 0 Å². The zero-order chi connectivity index (χ0) is 17.8. The molecule has 2 N–H and O–H groups in total. The highest BCUT2D eigenvalue weighted by Crippen LogP contribution is 2.32. The normalized spacial score (nSPS) is 13.3. The van der Waals surface area contributed by atoms with Gasteiger partial charge in [0.25, 0.3) is 5.91 Å². The van der Waals surface area contributed by atoms with Gasteiger partial charge in [0.1, 0.15) is 5.82 Å². The van der Waals surface area contributed by atoms with Gasteiger partial charge in [0, 0.05) is 12.0 Å². The van der Waals surface area contributed by atoms with Crippen LogP contribution in [0.15, 0.2) is 42.5 Å². The van der Waals surface area contributed by atoms with Crippen molar-refractivity contribution >= 4 is 11.9 Å². The molecular formula is C18H16FNO5. The molecule has 1 heterocycles. The van der Waals surface area contributed by atoms with E-state index in [-0.39, 0.29) is 25.5 Å². The van der Waals surface area contributed by atoms with Gasteiger partial charge in [-0.3, -0.25) is 9.59 Å². The van der Waals surface area contributed by atoms with Gasteiger partial charge >= 0.3 is 5.97 Å². The summed E-state index contributed by atoms with van der Waals surface area (Å²) in [4.78, 5) is 23.4. The molecule has 0 radical (unpaired) electrons. The lowest BCUT2D eigenvalue weighted by molar-refractivity contribution is -0.137. The summed E-state index contributed by atoms with van der Waals surface area (Å²) in [5, 5.41) is 11.7. The van der Waals surface area contributed by atoms with Crippen molar-refractivity contribution < 1.29 is 28.6 Å². The Morgan fingerprint density at radius 2 is 1.84 bits per heavy atom. The number of halogens is 1. The van der Waals surface area contributed by atoms with Gasteiger partial charge in [-0.25, -0.2) is 4.39 Å². The van der Waals surface area contributed by atoms with Crippen molar-refractivity contribution in [1.29, 1.82) is 0 Å². The molecule has 0 saturated heterocycles. The number of aliphatic carboxylic acids is 1. The zero-order valence-corrected chi connectivity index (χ0v) is 13.2. The van der Waals surface area contributed by atoms with E-state index in [1.54, 1.807) is 18.2 Å². The number of hydrogen-bond acceptors (Lipinski definition) is 4. The zero-order valence-electron chi connectivity index (χ0n) is 13.2. The number of amides is 1. The summed E-state index contributed by atoms with van der Waals surface area (Å²) in [7, 11) is 0. The van der Waals surface area contributed by atoms with Gasteiger partial charge in [0.2, 0.25) is 6.79 Å². The summed E-state index contributed by atoms with van der Waals surface area (Å²) in [6.45, 7) is 0.108. The molecule has 1 aliphatic rings. The molecular weight excluding hydrogens is 329 g/mol. The SMILES string of the molecule is O=C(O)CCC(NC(=O)c1ccc2c(c1)OCO2)c1ccc(F)cc1. The Morgan fingerprint density at radius 3 is 2.56 bits per heavy atom. The number of carbonyl (C=O) groups is 2. The van der Waals surface area contributed by atoms with Crippen LogP contribution in [-0.4, -0.2) is 23.8 Å². The Morgan fingerprint density at radius 1 is 1.12 bits per heavy atom. The number of rotatable bonds is 6. The molecule has 6 nitrogen and oxygen atoms in total. The second-order valence-electron chi connectivity index (χ2n) is 5.58. The molecule has 0 bridgehead atoms. The predicted octanol–water partition coefficient (Wildman–Crippen LogP) is 2.89. The van der Waals surface area contributed by atoms with E-state index in [2.05, 4.69) is 5.32 Å². The second kappa shape index (κ2) is 7.21. The van der Waals surface area contributed by atoms with Gasteiger partial charge in [-0.1, -0.05) is 12.1 Å². The van der Waals surface area contributed by atoms with Gasteiger partial charge in [-0.2, -0.15) is 0 Å². The molecule has 1 unspecified atom stereocenters. The average molecular weight is 345 g/mol. The molecule has 0 saturated carbocycles. The third kappa shape index (κ3) is 4.06. The molecule has 7 heteroatoms. The summed E-state index contributed by atoms with van der Waals surface area (Å²) < 4.78 is 23.6. The minimum Gasteiger partial charge on any atom is -0.481 e. The maximum absolute atomic E-state index is 13.1. The number of carboxylic acid groups (broad SMARTS) is 1. The largest absolute Gasteiger partial charge is 0.481 e. The molecule has 25 heavy (non-hydrogen) atoms. The summed E-state index contributed by atoms with van der Waals surface area (Å²) in [5.74, 6) is -0.695. The number of carbonyl (C=O) groups excluding carboxylic acids is 1. The smallest absolute Gasteiger partial charge is 0.303 e. The number of nitrogens with one attached hydrogen (secondary N) is 1. The molecule has 1 amide bonds. The van der Waals surface area contributed by atoms with Crippen LogP contribution in [0.5, 0.6) is 11.5 Å². The Bertz CT molecular complexity index is 791. The first-order valence-electron chi connectivity index (χ1n) is 7.70. The van der Waals surface area contributed by atoms with E-state index < -0.39 is 17.8 Å². The third-order valence-corrected chi connectivity index (χ3v) is 3.86. The molecule has 3 rings (SSSR count). The van der Waals surface area contributed by atoms with Crippen molar-refractivity contribution in [1.82, 2.24) is 5.32 Å². The molecule has 130 valence electrons. The maximum Gasteiger partial charge on any atom is 0.303 e. The van der Waals surface area contributed by atoms with Crippen molar-refractivity contribution in [2.45, 2.75) is 18.9 Å². The van der Waals surface area contributed by atoms with E-state index in [0.29, 0.717) is 22.6 Å². The van der Waals surface area contributed by atoms with E-state index in [4.69, 9.17) is 14.6 Å². The van der Waals surface area contributed by atoms with Gasteiger partial charge in [0.05, 0.1) is 6.04 Å². The van der Waals surface area contributed by atoms with Crippen molar-refractivity contribution in [3.05, 3.63) is 59.4 Å². The average Bonchev–Trinajstić information content (AvgIpc) is 3.06. The van der Waals surface area contributed by atoms with Crippen molar-refractivity contribution in [3.8, 4) is 11.5 Å². The molecule has 0 aromatic heterocycles. The highest BCUT2D eigenvalue weighted by Gasteiger charge is 2.20. The van der Waals surface area contributed by atoms with Crippen LogP contribution in [0.4, 0.5) is 4.39 Å². The van der Waals surface area contributed by atoms with E-state index in [1.807, 2.05) is 0 Å². The van der Waals surface area contributed by atoms with Crippen LogP contribution in [-0.2, 0) is 4.79 Å². The Labute approximate surface area is 143 Å². The Balaban J connectivity index is 1.77. The third-order valence-electron chi connectivity index (χ3n) is 3.86. The molecule has 0 fully saturated rings. The van der Waals surface area contributed by atoms with Gasteiger partial charge in [-0.05, 0) is 42.3 Å². The van der Waals surface area contributed by atoms with Crippen LogP contribution in [0, 0.1) is 5.82 Å². The van der Waals surface area contributed by atoms with Gasteiger partial charge < -0.3 is 19.9 Å². The first-order valence-corrected chi connectivity index (χ1v) is 7.70. The van der Waals surface area contributed by atoms with Crippen LogP contribution >= 0.6 is 0 Å². The molecule has 1 atom stereocenters. The quantitative estimate of drug-likeness (QED) is 0.841. The number of fused-ring (bicyclic) bond motifs is 1. The molecule has 2 aromatic rings. The monoisotopic (exact) mass is 345 g/mol. The fourth-order valence-corrected chi connectivity index (χ4v) is 2.56. The van der Waals surface area contributed by atoms with Crippen LogP contribution in [0.25, 0.3) is 0 Å². The first kappa shape index (κ1) is 16.8. The van der Waals surface area contributed by atoms with E-state index in [9.17, 15) is 14.0 Å². The fraction of sp³-hybridized carbons (Fsp3) is 0.222. The van der Waals surface area contributed by atoms with Crippen molar-refractivity contribution in [2.24, 2.45) is 0 Å². The molecule has 0 spiro atoms. The first-order chi connectivity index (χ1) is 12.0. The van der Waals surface area contributed by atoms with Crippen molar-refractivity contribution in [2.75, 3.05) is 6.79 Å². The van der Waals surface area contributed by atoms with E-state index in [1.165, 1.54) is 24.3 Å². The lowest BCUT2D eigenvalue weighted by atomic mass is 10.0. The minimum atomic E-state index is -0.968.